The number of hydrogen-bond acceptors (Lipinski definition) is 5. The van der Waals surface area contributed by atoms with E-state index in [0.29, 0.717) is 35.1 Å². The molecule has 1 atom stereocenters. The number of aryl methyl sites for hydroxylation is 1. The number of imidazole rings is 1. The molecule has 2 aromatic heterocycles. The molecule has 1 aromatic carbocycles. The first-order valence-corrected chi connectivity index (χ1v) is 8.35. The van der Waals surface area contributed by atoms with Gasteiger partial charge in [0.2, 0.25) is 11.8 Å². The molecule has 2 N–H and O–H groups in total. The minimum absolute atomic E-state index is 0.134. The second kappa shape index (κ2) is 6.27. The molecule has 1 saturated carbocycles. The van der Waals surface area contributed by atoms with Crippen LogP contribution in [0.5, 0.6) is 0 Å². The fourth-order valence-electron chi connectivity index (χ4n) is 2.69. The molecule has 0 spiro atoms. The fraction of sp³-hybridized carbons (Fsp3) is 0.412. The number of carbonyl (C=O) groups is 1. The minimum atomic E-state index is -0.336. The topological polar surface area (TPSA) is 96.7 Å². The normalized spacial score (nSPS) is 15.4. The van der Waals surface area contributed by atoms with Crippen molar-refractivity contribution in [1.82, 2.24) is 25.4 Å². The smallest absolute Gasteiger partial charge is 0.248 e. The van der Waals surface area contributed by atoms with Crippen molar-refractivity contribution < 1.29 is 13.7 Å². The van der Waals surface area contributed by atoms with Gasteiger partial charge in [0.1, 0.15) is 17.7 Å². The maximum absolute atomic E-state index is 13.2. The molecule has 2 heterocycles. The lowest BCUT2D eigenvalue weighted by Gasteiger charge is -2.08. The molecule has 0 bridgehead atoms. The molecule has 1 aliphatic carbocycles. The van der Waals surface area contributed by atoms with Crippen molar-refractivity contribution >= 4 is 16.9 Å². The number of H-pyrrole nitrogens is 1. The SMILES string of the molecule is CC(NC(=O)CCc1nc2ccc(F)cc2[nH]1)c1nc(C2CC2)no1. The van der Waals surface area contributed by atoms with Gasteiger partial charge in [0.15, 0.2) is 5.82 Å². The quantitative estimate of drug-likeness (QED) is 0.717. The number of halogens is 1. The van der Waals surface area contributed by atoms with E-state index in [-0.39, 0.29) is 24.2 Å². The van der Waals surface area contributed by atoms with E-state index >= 15 is 0 Å². The Hall–Kier alpha value is -2.77. The van der Waals surface area contributed by atoms with Crippen LogP contribution in [-0.4, -0.2) is 26.0 Å². The van der Waals surface area contributed by atoms with Gasteiger partial charge in [0, 0.05) is 18.8 Å². The van der Waals surface area contributed by atoms with Crippen molar-refractivity contribution in [2.45, 2.75) is 44.6 Å². The summed E-state index contributed by atoms with van der Waals surface area (Å²) in [6.07, 6.45) is 2.89. The number of hydrogen-bond donors (Lipinski definition) is 2. The molecular formula is C17H18FN5O2. The number of carbonyl (C=O) groups excluding carboxylic acids is 1. The standard InChI is InChI=1S/C17H18FN5O2/c1-9(17-22-16(23-25-17)10-2-3-10)19-15(24)7-6-14-20-12-5-4-11(18)8-13(12)21-14/h4-5,8-10H,2-3,6-7H2,1H3,(H,19,24)(H,20,21). The summed E-state index contributed by atoms with van der Waals surface area (Å²) in [6.45, 7) is 1.81. The lowest BCUT2D eigenvalue weighted by Crippen LogP contribution is -2.27. The molecule has 0 radical (unpaired) electrons. The van der Waals surface area contributed by atoms with E-state index in [1.807, 2.05) is 6.92 Å². The summed E-state index contributed by atoms with van der Waals surface area (Å²) in [5.74, 6) is 1.76. The molecular weight excluding hydrogens is 325 g/mol. The average molecular weight is 343 g/mol. The van der Waals surface area contributed by atoms with Crippen LogP contribution in [0.1, 0.15) is 55.7 Å². The fourth-order valence-corrected chi connectivity index (χ4v) is 2.69. The molecule has 130 valence electrons. The second-order valence-corrected chi connectivity index (χ2v) is 6.40. The number of fused-ring (bicyclic) bond motifs is 1. The van der Waals surface area contributed by atoms with Crippen molar-refractivity contribution in [3.63, 3.8) is 0 Å². The summed E-state index contributed by atoms with van der Waals surface area (Å²) in [5.41, 5.74) is 1.31. The van der Waals surface area contributed by atoms with E-state index in [1.165, 1.54) is 12.1 Å². The number of aromatic amines is 1. The van der Waals surface area contributed by atoms with E-state index in [4.69, 9.17) is 4.52 Å². The van der Waals surface area contributed by atoms with Crippen molar-refractivity contribution in [3.05, 3.63) is 41.6 Å². The monoisotopic (exact) mass is 343 g/mol. The van der Waals surface area contributed by atoms with Crippen molar-refractivity contribution in [3.8, 4) is 0 Å². The van der Waals surface area contributed by atoms with E-state index in [0.717, 1.165) is 18.7 Å². The third kappa shape index (κ3) is 3.52. The van der Waals surface area contributed by atoms with E-state index < -0.39 is 0 Å². The van der Waals surface area contributed by atoms with Gasteiger partial charge < -0.3 is 14.8 Å². The zero-order chi connectivity index (χ0) is 17.4. The number of aromatic nitrogens is 4. The summed E-state index contributed by atoms with van der Waals surface area (Å²) in [6, 6.07) is 4.03. The van der Waals surface area contributed by atoms with E-state index in [1.54, 1.807) is 6.07 Å². The van der Waals surface area contributed by atoms with Gasteiger partial charge in [-0.05, 0) is 38.0 Å². The Morgan fingerprint density at radius 3 is 3.08 bits per heavy atom. The first-order chi connectivity index (χ1) is 12.1. The first-order valence-electron chi connectivity index (χ1n) is 8.35. The molecule has 4 rings (SSSR count). The van der Waals surface area contributed by atoms with Crippen LogP contribution < -0.4 is 5.32 Å². The van der Waals surface area contributed by atoms with Crippen LogP contribution in [0.15, 0.2) is 22.7 Å². The van der Waals surface area contributed by atoms with Crippen LogP contribution in [0.2, 0.25) is 0 Å². The number of nitrogens with zero attached hydrogens (tertiary/aromatic N) is 3. The molecule has 0 saturated heterocycles. The number of benzene rings is 1. The van der Waals surface area contributed by atoms with Crippen molar-refractivity contribution in [2.75, 3.05) is 0 Å². The Labute approximate surface area is 143 Å². The number of amides is 1. The van der Waals surface area contributed by atoms with Crippen molar-refractivity contribution in [2.24, 2.45) is 0 Å². The van der Waals surface area contributed by atoms with Gasteiger partial charge >= 0.3 is 0 Å². The molecule has 1 fully saturated rings. The van der Waals surface area contributed by atoms with Gasteiger partial charge in [0.05, 0.1) is 11.0 Å². The summed E-state index contributed by atoms with van der Waals surface area (Å²) >= 11 is 0. The van der Waals surface area contributed by atoms with Gasteiger partial charge in [-0.25, -0.2) is 9.37 Å². The minimum Gasteiger partial charge on any atom is -0.345 e. The highest BCUT2D eigenvalue weighted by Gasteiger charge is 2.29. The van der Waals surface area contributed by atoms with Gasteiger partial charge in [0.25, 0.3) is 0 Å². The third-order valence-corrected chi connectivity index (χ3v) is 4.23. The van der Waals surface area contributed by atoms with E-state index in [9.17, 15) is 9.18 Å². The molecule has 3 aromatic rings. The Morgan fingerprint density at radius 1 is 1.44 bits per heavy atom. The molecule has 1 aliphatic rings. The number of nitrogens with one attached hydrogen (secondary N) is 2. The van der Waals surface area contributed by atoms with Crippen LogP contribution in [0.25, 0.3) is 11.0 Å². The van der Waals surface area contributed by atoms with Crippen LogP contribution >= 0.6 is 0 Å². The Balaban J connectivity index is 1.32. The largest absolute Gasteiger partial charge is 0.345 e. The zero-order valence-corrected chi connectivity index (χ0v) is 13.8. The van der Waals surface area contributed by atoms with Crippen molar-refractivity contribution in [1.29, 1.82) is 0 Å². The molecule has 7 nitrogen and oxygen atoms in total. The summed E-state index contributed by atoms with van der Waals surface area (Å²) < 4.78 is 18.4. The van der Waals surface area contributed by atoms with Gasteiger partial charge in [-0.2, -0.15) is 4.98 Å². The number of rotatable bonds is 6. The lowest BCUT2D eigenvalue weighted by molar-refractivity contribution is -0.121. The zero-order valence-electron chi connectivity index (χ0n) is 13.8. The maximum Gasteiger partial charge on any atom is 0.248 e. The third-order valence-electron chi connectivity index (χ3n) is 4.23. The first kappa shape index (κ1) is 15.7. The highest BCUT2D eigenvalue weighted by Crippen LogP contribution is 2.38. The second-order valence-electron chi connectivity index (χ2n) is 6.40. The average Bonchev–Trinajstić information content (AvgIpc) is 3.17. The summed E-state index contributed by atoms with van der Waals surface area (Å²) in [5, 5.41) is 6.79. The molecule has 8 heteroatoms. The van der Waals surface area contributed by atoms with Gasteiger partial charge in [-0.3, -0.25) is 4.79 Å². The van der Waals surface area contributed by atoms with Crippen LogP contribution in [-0.2, 0) is 11.2 Å². The van der Waals surface area contributed by atoms with Gasteiger partial charge in [-0.1, -0.05) is 5.16 Å². The highest BCUT2D eigenvalue weighted by molar-refractivity contribution is 5.77. The van der Waals surface area contributed by atoms with Crippen LogP contribution in [0.4, 0.5) is 4.39 Å². The predicted molar refractivity (Wildman–Crippen MR) is 87.2 cm³/mol. The van der Waals surface area contributed by atoms with Crippen LogP contribution in [0.3, 0.4) is 0 Å². The Bertz CT molecular complexity index is 915. The molecule has 1 amide bonds. The van der Waals surface area contributed by atoms with Gasteiger partial charge in [-0.15, -0.1) is 0 Å². The van der Waals surface area contributed by atoms with Crippen LogP contribution in [0, 0.1) is 5.82 Å². The molecule has 0 aliphatic heterocycles. The molecule has 25 heavy (non-hydrogen) atoms. The predicted octanol–water partition coefficient (Wildman–Crippen LogP) is 2.77. The Kier molecular flexibility index (Phi) is 3.95. The lowest BCUT2D eigenvalue weighted by atomic mass is 10.2. The molecule has 1 unspecified atom stereocenters. The summed E-state index contributed by atoms with van der Waals surface area (Å²) in [4.78, 5) is 23.8. The van der Waals surface area contributed by atoms with E-state index in [2.05, 4.69) is 25.4 Å². The highest BCUT2D eigenvalue weighted by atomic mass is 19.1. The summed E-state index contributed by atoms with van der Waals surface area (Å²) in [7, 11) is 0. The maximum atomic E-state index is 13.2. The Morgan fingerprint density at radius 2 is 2.28 bits per heavy atom.